The first-order valence-corrected chi connectivity index (χ1v) is 8.38. The van der Waals surface area contributed by atoms with E-state index >= 15 is 0 Å². The highest BCUT2D eigenvalue weighted by Gasteiger charge is 2.26. The molecular formula is C16H28N2O3. The van der Waals surface area contributed by atoms with Gasteiger partial charge in [0.2, 0.25) is 5.91 Å². The van der Waals surface area contributed by atoms with Gasteiger partial charge in [-0.1, -0.05) is 6.42 Å². The summed E-state index contributed by atoms with van der Waals surface area (Å²) in [5.74, 6) is -0.244. The van der Waals surface area contributed by atoms with Crippen LogP contribution >= 0.6 is 0 Å². The zero-order valence-corrected chi connectivity index (χ0v) is 12.8. The minimum Gasteiger partial charge on any atom is -0.481 e. The summed E-state index contributed by atoms with van der Waals surface area (Å²) in [6.45, 7) is 1.79. The van der Waals surface area contributed by atoms with Crippen LogP contribution in [-0.2, 0) is 9.59 Å². The first kappa shape index (κ1) is 16.3. The number of carboxylic acids is 1. The van der Waals surface area contributed by atoms with Crippen LogP contribution in [-0.4, -0.2) is 36.1 Å². The fraction of sp³-hybridized carbons (Fsp3) is 0.875. The van der Waals surface area contributed by atoms with Crippen molar-refractivity contribution in [3.05, 3.63) is 0 Å². The molecule has 2 aliphatic rings. The number of nitrogens with one attached hydrogen (secondary N) is 2. The number of carbonyl (C=O) groups is 2. The van der Waals surface area contributed by atoms with Crippen molar-refractivity contribution in [3.63, 3.8) is 0 Å². The Morgan fingerprint density at radius 3 is 2.48 bits per heavy atom. The molecule has 0 radical (unpaired) electrons. The Hall–Kier alpha value is -1.10. The van der Waals surface area contributed by atoms with Gasteiger partial charge in [0.1, 0.15) is 0 Å². The third kappa shape index (κ3) is 5.65. The molecule has 2 fully saturated rings. The van der Waals surface area contributed by atoms with Crippen molar-refractivity contribution in [1.29, 1.82) is 0 Å². The van der Waals surface area contributed by atoms with E-state index in [0.717, 1.165) is 38.6 Å². The molecule has 1 saturated heterocycles. The van der Waals surface area contributed by atoms with E-state index in [1.165, 1.54) is 19.3 Å². The van der Waals surface area contributed by atoms with Gasteiger partial charge in [-0.25, -0.2) is 0 Å². The monoisotopic (exact) mass is 296 g/mol. The highest BCUT2D eigenvalue weighted by molar-refractivity contribution is 5.75. The number of carboxylic acid groups (broad SMARTS) is 1. The van der Waals surface area contributed by atoms with Crippen LogP contribution < -0.4 is 10.6 Å². The summed E-state index contributed by atoms with van der Waals surface area (Å²) in [4.78, 5) is 22.8. The molecule has 1 amide bonds. The SMILES string of the molecule is O=C(CCC1CCCCN1)NCC1CCC(C(=O)O)CC1. The molecule has 2 rings (SSSR count). The second-order valence-electron chi connectivity index (χ2n) is 6.55. The van der Waals surface area contributed by atoms with Crippen molar-refractivity contribution in [2.45, 2.75) is 63.8 Å². The molecule has 5 heteroatoms. The van der Waals surface area contributed by atoms with E-state index in [4.69, 9.17) is 5.11 Å². The maximum absolute atomic E-state index is 11.9. The van der Waals surface area contributed by atoms with Crippen LogP contribution in [0, 0.1) is 11.8 Å². The Morgan fingerprint density at radius 1 is 1.10 bits per heavy atom. The molecule has 1 saturated carbocycles. The van der Waals surface area contributed by atoms with Crippen LogP contribution in [0.4, 0.5) is 0 Å². The normalized spacial score (nSPS) is 29.8. The third-order valence-corrected chi connectivity index (χ3v) is 4.92. The Morgan fingerprint density at radius 2 is 1.86 bits per heavy atom. The molecule has 1 heterocycles. The van der Waals surface area contributed by atoms with Crippen LogP contribution in [0.2, 0.25) is 0 Å². The van der Waals surface area contributed by atoms with Gasteiger partial charge in [0, 0.05) is 19.0 Å². The predicted octanol–water partition coefficient (Wildman–Crippen LogP) is 1.92. The number of carbonyl (C=O) groups excluding carboxylic acids is 1. The van der Waals surface area contributed by atoms with Crippen LogP contribution in [0.5, 0.6) is 0 Å². The van der Waals surface area contributed by atoms with Crippen molar-refractivity contribution in [2.75, 3.05) is 13.1 Å². The molecule has 0 spiro atoms. The molecule has 5 nitrogen and oxygen atoms in total. The number of aliphatic carboxylic acids is 1. The molecule has 1 aliphatic heterocycles. The first-order chi connectivity index (χ1) is 10.1. The summed E-state index contributed by atoms with van der Waals surface area (Å²) >= 11 is 0. The Bertz CT molecular complexity index is 345. The molecule has 0 aromatic rings. The van der Waals surface area contributed by atoms with E-state index in [0.29, 0.717) is 24.9 Å². The molecule has 1 aliphatic carbocycles. The highest BCUT2D eigenvalue weighted by Crippen LogP contribution is 2.28. The van der Waals surface area contributed by atoms with Gasteiger partial charge in [-0.3, -0.25) is 9.59 Å². The summed E-state index contributed by atoms with van der Waals surface area (Å²) < 4.78 is 0. The Kier molecular flexibility index (Phi) is 6.49. The van der Waals surface area contributed by atoms with E-state index in [1.54, 1.807) is 0 Å². The van der Waals surface area contributed by atoms with Crippen molar-refractivity contribution < 1.29 is 14.7 Å². The van der Waals surface area contributed by atoms with Crippen LogP contribution in [0.15, 0.2) is 0 Å². The molecule has 0 aromatic carbocycles. The number of rotatable bonds is 6. The van der Waals surface area contributed by atoms with Gasteiger partial charge < -0.3 is 15.7 Å². The minimum atomic E-state index is -0.669. The van der Waals surface area contributed by atoms with Crippen molar-refractivity contribution in [1.82, 2.24) is 10.6 Å². The molecule has 21 heavy (non-hydrogen) atoms. The number of piperidine rings is 1. The van der Waals surface area contributed by atoms with Gasteiger partial charge >= 0.3 is 5.97 Å². The zero-order valence-electron chi connectivity index (χ0n) is 12.8. The van der Waals surface area contributed by atoms with Crippen molar-refractivity contribution in [3.8, 4) is 0 Å². The lowest BCUT2D eigenvalue weighted by Crippen LogP contribution is -2.36. The maximum Gasteiger partial charge on any atom is 0.306 e. The fourth-order valence-corrected chi connectivity index (χ4v) is 3.44. The summed E-state index contributed by atoms with van der Waals surface area (Å²) in [6, 6.07) is 0.510. The smallest absolute Gasteiger partial charge is 0.306 e. The molecule has 0 aromatic heterocycles. The van der Waals surface area contributed by atoms with E-state index in [9.17, 15) is 9.59 Å². The number of hydrogen-bond acceptors (Lipinski definition) is 3. The van der Waals surface area contributed by atoms with Gasteiger partial charge in [-0.05, 0) is 57.4 Å². The topological polar surface area (TPSA) is 78.4 Å². The van der Waals surface area contributed by atoms with Gasteiger partial charge in [0.25, 0.3) is 0 Å². The quantitative estimate of drug-likeness (QED) is 0.699. The molecule has 120 valence electrons. The van der Waals surface area contributed by atoms with Gasteiger partial charge in [-0.2, -0.15) is 0 Å². The molecule has 0 bridgehead atoms. The van der Waals surface area contributed by atoms with Gasteiger partial charge in [0.05, 0.1) is 5.92 Å². The van der Waals surface area contributed by atoms with E-state index in [2.05, 4.69) is 10.6 Å². The lowest BCUT2D eigenvalue weighted by Gasteiger charge is -2.26. The molecule has 3 N–H and O–H groups in total. The second-order valence-corrected chi connectivity index (χ2v) is 6.55. The predicted molar refractivity (Wildman–Crippen MR) is 81.0 cm³/mol. The summed E-state index contributed by atoms with van der Waals surface area (Å²) in [7, 11) is 0. The van der Waals surface area contributed by atoms with Gasteiger partial charge in [-0.15, -0.1) is 0 Å². The first-order valence-electron chi connectivity index (χ1n) is 8.38. The third-order valence-electron chi connectivity index (χ3n) is 4.92. The average Bonchev–Trinajstić information content (AvgIpc) is 2.52. The minimum absolute atomic E-state index is 0.141. The number of amides is 1. The lowest BCUT2D eigenvalue weighted by atomic mass is 9.82. The standard InChI is InChI=1S/C16H28N2O3/c19-15(9-8-14-3-1-2-10-17-14)18-11-12-4-6-13(7-5-12)16(20)21/h12-14,17H,1-11H2,(H,18,19)(H,20,21). The molecular weight excluding hydrogens is 268 g/mol. The zero-order chi connectivity index (χ0) is 15.1. The summed E-state index contributed by atoms with van der Waals surface area (Å²) in [5, 5.41) is 15.4. The summed E-state index contributed by atoms with van der Waals surface area (Å²) in [5.41, 5.74) is 0. The van der Waals surface area contributed by atoms with Crippen molar-refractivity contribution in [2.24, 2.45) is 11.8 Å². The van der Waals surface area contributed by atoms with E-state index in [-0.39, 0.29) is 11.8 Å². The molecule has 1 unspecified atom stereocenters. The highest BCUT2D eigenvalue weighted by atomic mass is 16.4. The van der Waals surface area contributed by atoms with Crippen LogP contribution in [0.3, 0.4) is 0 Å². The van der Waals surface area contributed by atoms with Crippen LogP contribution in [0.1, 0.15) is 57.8 Å². The van der Waals surface area contributed by atoms with E-state index < -0.39 is 5.97 Å². The summed E-state index contributed by atoms with van der Waals surface area (Å²) in [6.07, 6.45) is 8.58. The maximum atomic E-state index is 11.9. The Labute approximate surface area is 126 Å². The average molecular weight is 296 g/mol. The molecule has 1 atom stereocenters. The van der Waals surface area contributed by atoms with Crippen LogP contribution in [0.25, 0.3) is 0 Å². The second kappa shape index (κ2) is 8.37. The fourth-order valence-electron chi connectivity index (χ4n) is 3.44. The lowest BCUT2D eigenvalue weighted by molar-refractivity contribution is -0.143. The van der Waals surface area contributed by atoms with Crippen molar-refractivity contribution >= 4 is 11.9 Å². The largest absolute Gasteiger partial charge is 0.481 e. The van der Waals surface area contributed by atoms with E-state index in [1.807, 2.05) is 0 Å². The number of hydrogen-bond donors (Lipinski definition) is 3. The van der Waals surface area contributed by atoms with Gasteiger partial charge in [0.15, 0.2) is 0 Å². The Balaban J connectivity index is 1.55.